The highest BCUT2D eigenvalue weighted by Gasteiger charge is 2.67. The summed E-state index contributed by atoms with van der Waals surface area (Å²) >= 11 is 0. The summed E-state index contributed by atoms with van der Waals surface area (Å²) in [4.78, 5) is 75.0. The van der Waals surface area contributed by atoms with Crippen molar-refractivity contribution in [2.45, 2.75) is 128 Å². The lowest BCUT2D eigenvalue weighted by Gasteiger charge is -2.57. The van der Waals surface area contributed by atoms with Crippen LogP contribution in [-0.2, 0) is 57.2 Å². The number of rotatable bonds is 10. The summed E-state index contributed by atoms with van der Waals surface area (Å²) in [6, 6.07) is -1.27. The van der Waals surface area contributed by atoms with Crippen LogP contribution in [0.4, 0.5) is 0 Å². The van der Waals surface area contributed by atoms with Crippen LogP contribution in [0, 0.1) is 11.8 Å². The van der Waals surface area contributed by atoms with Gasteiger partial charge in [0.2, 0.25) is 5.91 Å². The van der Waals surface area contributed by atoms with Crippen molar-refractivity contribution in [2.24, 2.45) is 11.8 Å². The maximum Gasteiger partial charge on any atom is 0.341 e. The van der Waals surface area contributed by atoms with Gasteiger partial charge in [-0.05, 0) is 31.1 Å². The lowest BCUT2D eigenvalue weighted by atomic mass is 9.59. The Morgan fingerprint density at radius 2 is 1.50 bits per heavy atom. The van der Waals surface area contributed by atoms with Crippen molar-refractivity contribution in [1.29, 1.82) is 0 Å². The average molecular weight is 628 g/mol. The SMILES string of the molecule is COC(=O)[C@@]1(C2(O)CCC3CCCCC3C2)C[C@H](OC(C)=O)[C@@H](NC(C)=O)[C@H]([C@H](OC(C)=O)[C@@H](COC(C)=O)OC(C)=O)O1. The molecule has 0 aromatic carbocycles. The molecule has 14 heteroatoms. The van der Waals surface area contributed by atoms with Crippen LogP contribution in [0.2, 0.25) is 0 Å². The first kappa shape index (κ1) is 35.2. The number of esters is 5. The Labute approximate surface area is 256 Å². The molecule has 0 radical (unpaired) electrons. The van der Waals surface area contributed by atoms with Gasteiger partial charge in [-0.25, -0.2) is 4.79 Å². The molecule has 44 heavy (non-hydrogen) atoms. The van der Waals surface area contributed by atoms with Crippen LogP contribution in [0.5, 0.6) is 0 Å². The average Bonchev–Trinajstić information content (AvgIpc) is 2.93. The maximum atomic E-state index is 13.9. The van der Waals surface area contributed by atoms with Crippen LogP contribution in [0.3, 0.4) is 0 Å². The molecule has 1 amide bonds. The van der Waals surface area contributed by atoms with Crippen LogP contribution in [-0.4, -0.2) is 96.2 Å². The third-order valence-corrected chi connectivity index (χ3v) is 8.89. The number of ether oxygens (including phenoxy) is 6. The predicted molar refractivity (Wildman–Crippen MR) is 149 cm³/mol. The van der Waals surface area contributed by atoms with Crippen molar-refractivity contribution in [3.05, 3.63) is 0 Å². The van der Waals surface area contributed by atoms with Gasteiger partial charge in [0.15, 0.2) is 17.8 Å². The topological polar surface area (TPSA) is 190 Å². The number of amides is 1. The summed E-state index contributed by atoms with van der Waals surface area (Å²) in [7, 11) is 1.13. The van der Waals surface area contributed by atoms with E-state index in [1.807, 2.05) is 0 Å². The molecule has 3 fully saturated rings. The second-order valence-electron chi connectivity index (χ2n) is 12.1. The normalized spacial score (nSPS) is 32.9. The molecule has 9 atom stereocenters. The fourth-order valence-electron chi connectivity index (χ4n) is 7.19. The fraction of sp³-hybridized carbons (Fsp3) is 0.800. The van der Waals surface area contributed by atoms with Crippen molar-refractivity contribution in [3.8, 4) is 0 Å². The highest BCUT2D eigenvalue weighted by atomic mass is 16.6. The molecule has 1 saturated heterocycles. The largest absolute Gasteiger partial charge is 0.467 e. The maximum absolute atomic E-state index is 13.9. The molecule has 14 nitrogen and oxygen atoms in total. The minimum Gasteiger partial charge on any atom is -0.467 e. The van der Waals surface area contributed by atoms with Crippen LogP contribution in [0.25, 0.3) is 0 Å². The van der Waals surface area contributed by atoms with Crippen molar-refractivity contribution in [1.82, 2.24) is 5.32 Å². The van der Waals surface area contributed by atoms with E-state index in [4.69, 9.17) is 28.4 Å². The van der Waals surface area contributed by atoms with Gasteiger partial charge in [0.25, 0.3) is 0 Å². The second-order valence-corrected chi connectivity index (χ2v) is 12.1. The van der Waals surface area contributed by atoms with Gasteiger partial charge < -0.3 is 38.8 Å². The number of aliphatic hydroxyl groups is 1. The number of fused-ring (bicyclic) bond motifs is 1. The molecule has 3 rings (SSSR count). The van der Waals surface area contributed by atoms with Crippen molar-refractivity contribution in [2.75, 3.05) is 13.7 Å². The molecule has 2 saturated carbocycles. The zero-order valence-corrected chi connectivity index (χ0v) is 26.3. The van der Waals surface area contributed by atoms with E-state index >= 15 is 0 Å². The summed E-state index contributed by atoms with van der Waals surface area (Å²) in [6.45, 7) is 5.05. The Bertz CT molecular complexity index is 1110. The van der Waals surface area contributed by atoms with Gasteiger partial charge >= 0.3 is 29.8 Å². The van der Waals surface area contributed by atoms with Gasteiger partial charge in [-0.2, -0.15) is 0 Å². The van der Waals surface area contributed by atoms with E-state index in [0.717, 1.165) is 60.5 Å². The Morgan fingerprint density at radius 1 is 0.864 bits per heavy atom. The van der Waals surface area contributed by atoms with E-state index in [1.165, 1.54) is 6.92 Å². The molecule has 2 N–H and O–H groups in total. The van der Waals surface area contributed by atoms with Crippen LogP contribution >= 0.6 is 0 Å². The zero-order valence-electron chi connectivity index (χ0n) is 26.3. The molecular formula is C30H45NO13. The molecule has 1 aliphatic heterocycles. The summed E-state index contributed by atoms with van der Waals surface area (Å²) < 4.78 is 33.6. The number of hydrogen-bond acceptors (Lipinski definition) is 13. The third-order valence-electron chi connectivity index (χ3n) is 8.89. The second kappa shape index (κ2) is 14.7. The molecule has 0 aromatic heterocycles. The van der Waals surface area contributed by atoms with Crippen molar-refractivity contribution >= 4 is 35.8 Å². The molecule has 0 bridgehead atoms. The van der Waals surface area contributed by atoms with Gasteiger partial charge in [-0.3, -0.25) is 24.0 Å². The first-order valence-electron chi connectivity index (χ1n) is 15.0. The van der Waals surface area contributed by atoms with E-state index < -0.39 is 90.4 Å². The Kier molecular flexibility index (Phi) is 11.8. The first-order valence-corrected chi connectivity index (χ1v) is 15.0. The molecule has 3 unspecified atom stereocenters. The quantitative estimate of drug-likeness (QED) is 0.260. The van der Waals surface area contributed by atoms with Crippen LogP contribution in [0.1, 0.15) is 86.0 Å². The van der Waals surface area contributed by atoms with E-state index in [0.29, 0.717) is 12.3 Å². The smallest absolute Gasteiger partial charge is 0.341 e. The van der Waals surface area contributed by atoms with Gasteiger partial charge in [-0.1, -0.05) is 25.7 Å². The fourth-order valence-corrected chi connectivity index (χ4v) is 7.19. The molecular weight excluding hydrogens is 582 g/mol. The van der Waals surface area contributed by atoms with Gasteiger partial charge in [0, 0.05) is 41.0 Å². The van der Waals surface area contributed by atoms with E-state index in [2.05, 4.69) is 5.32 Å². The van der Waals surface area contributed by atoms with Gasteiger partial charge in [0.1, 0.15) is 24.4 Å². The molecule has 1 heterocycles. The van der Waals surface area contributed by atoms with E-state index in [1.54, 1.807) is 0 Å². The molecule has 0 spiro atoms. The lowest BCUT2D eigenvalue weighted by molar-refractivity contribution is -0.289. The van der Waals surface area contributed by atoms with Crippen LogP contribution in [0.15, 0.2) is 0 Å². The zero-order chi connectivity index (χ0) is 32.8. The molecule has 248 valence electrons. The number of methoxy groups -OCH3 is 1. The highest BCUT2D eigenvalue weighted by molar-refractivity contribution is 5.82. The number of hydrogen-bond donors (Lipinski definition) is 2. The number of nitrogens with one attached hydrogen (secondary N) is 1. The van der Waals surface area contributed by atoms with Gasteiger partial charge in [0.05, 0.1) is 13.2 Å². The molecule has 3 aliphatic rings. The summed E-state index contributed by atoms with van der Waals surface area (Å²) in [6.07, 6.45) is -1.52. The highest BCUT2D eigenvalue weighted by Crippen LogP contribution is 2.53. The summed E-state index contributed by atoms with van der Waals surface area (Å²) in [5.74, 6) is -4.26. The monoisotopic (exact) mass is 627 g/mol. The predicted octanol–water partition coefficient (Wildman–Crippen LogP) is 1.27. The molecule has 2 aliphatic carbocycles. The molecule has 0 aromatic rings. The van der Waals surface area contributed by atoms with E-state index in [-0.39, 0.29) is 18.8 Å². The minimum absolute atomic E-state index is 0.0911. The van der Waals surface area contributed by atoms with Gasteiger partial charge in [-0.15, -0.1) is 0 Å². The Balaban J connectivity index is 2.23. The lowest BCUT2D eigenvalue weighted by Crippen LogP contribution is -2.74. The first-order chi connectivity index (χ1) is 20.6. The van der Waals surface area contributed by atoms with Crippen molar-refractivity contribution in [3.63, 3.8) is 0 Å². The Hall–Kier alpha value is -3.26. The van der Waals surface area contributed by atoms with Crippen LogP contribution < -0.4 is 5.32 Å². The summed E-state index contributed by atoms with van der Waals surface area (Å²) in [5, 5.41) is 15.1. The standard InChI is InChI=1S/C30H45NO13/c1-16(32)31-25-23(41-18(3)34)14-30(28(37)39-6,29(38)12-11-21-9-7-8-10-22(21)13-29)44-27(25)26(43-20(5)36)24(42-19(4)35)15-40-17(2)33/h21-27,38H,7-15H2,1-6H3,(H,31,32)/t21?,22?,23-,24+,25+,26+,27+,29?,30+/m0/s1. The minimum atomic E-state index is -2.16. The number of carbonyl (C=O) groups is 6. The number of carbonyl (C=O) groups excluding carboxylic acids is 6. The van der Waals surface area contributed by atoms with E-state index in [9.17, 15) is 33.9 Å². The summed E-state index contributed by atoms with van der Waals surface area (Å²) in [5.41, 5.74) is -3.98. The Morgan fingerprint density at radius 3 is 2.05 bits per heavy atom. The third kappa shape index (κ3) is 8.06. The van der Waals surface area contributed by atoms with Crippen molar-refractivity contribution < 1.29 is 62.3 Å².